The number of carbonyl (C=O) groups excluding carboxylic acids is 1. The molecule has 1 rings (SSSR count). The molecule has 1 heterocycles. The molecule has 8 heteroatoms. The first kappa shape index (κ1) is 20.6. The van der Waals surface area contributed by atoms with Crippen LogP contribution in [0, 0.1) is 0 Å². The lowest BCUT2D eigenvalue weighted by molar-refractivity contribution is -0.148. The number of aliphatic hydroxyl groups is 5. The van der Waals surface area contributed by atoms with Crippen LogP contribution >= 0.6 is 0 Å². The van der Waals surface area contributed by atoms with Gasteiger partial charge in [-0.05, 0) is 25.0 Å². The second-order valence-corrected chi connectivity index (χ2v) is 5.80. The van der Waals surface area contributed by atoms with Gasteiger partial charge in [0.05, 0.1) is 6.61 Å². The SMILES string of the molecule is O=C(NCCCCCCn1cccc1)[C@@H](O)[C@@H](O)[C@@H](O)[C@@H](O)CO. The van der Waals surface area contributed by atoms with E-state index in [9.17, 15) is 25.2 Å². The minimum absolute atomic E-state index is 0.352. The van der Waals surface area contributed by atoms with Gasteiger partial charge in [0, 0.05) is 25.5 Å². The molecule has 0 aliphatic heterocycles. The van der Waals surface area contributed by atoms with Gasteiger partial charge in [0.15, 0.2) is 6.10 Å². The molecule has 0 aromatic carbocycles. The highest BCUT2D eigenvalue weighted by atomic mass is 16.4. The van der Waals surface area contributed by atoms with Gasteiger partial charge in [-0.15, -0.1) is 0 Å². The number of carbonyl (C=O) groups is 1. The van der Waals surface area contributed by atoms with Crippen LogP contribution in [0.15, 0.2) is 24.5 Å². The molecule has 0 aliphatic carbocycles. The van der Waals surface area contributed by atoms with Crippen LogP contribution in [0.5, 0.6) is 0 Å². The molecule has 24 heavy (non-hydrogen) atoms. The maximum Gasteiger partial charge on any atom is 0.251 e. The molecule has 8 nitrogen and oxygen atoms in total. The van der Waals surface area contributed by atoms with E-state index in [1.807, 2.05) is 24.5 Å². The standard InChI is InChI=1S/C16H28N2O6/c19-11-12(20)13(21)14(22)15(23)16(24)17-7-3-1-2-4-8-18-9-5-6-10-18/h5-6,9-10,12-15,19-23H,1-4,7-8,11H2,(H,17,24)/t12-,13-,14-,15-/m0/s1. The van der Waals surface area contributed by atoms with Crippen LogP contribution in [0.25, 0.3) is 0 Å². The first-order valence-corrected chi connectivity index (χ1v) is 8.19. The Morgan fingerprint density at radius 1 is 0.958 bits per heavy atom. The molecular weight excluding hydrogens is 316 g/mol. The average molecular weight is 344 g/mol. The number of nitrogens with one attached hydrogen (secondary N) is 1. The predicted octanol–water partition coefficient (Wildman–Crippen LogP) is -1.40. The molecule has 0 unspecified atom stereocenters. The summed E-state index contributed by atoms with van der Waals surface area (Å²) in [5.74, 6) is -0.820. The lowest BCUT2D eigenvalue weighted by atomic mass is 10.0. The van der Waals surface area contributed by atoms with Gasteiger partial charge in [-0.25, -0.2) is 0 Å². The van der Waals surface area contributed by atoms with Crippen molar-refractivity contribution in [2.45, 2.75) is 56.6 Å². The quantitative estimate of drug-likeness (QED) is 0.258. The Morgan fingerprint density at radius 2 is 1.58 bits per heavy atom. The molecule has 0 saturated heterocycles. The van der Waals surface area contributed by atoms with Crippen molar-refractivity contribution in [2.75, 3.05) is 13.2 Å². The van der Waals surface area contributed by atoms with Gasteiger partial charge < -0.3 is 35.4 Å². The van der Waals surface area contributed by atoms with E-state index in [0.717, 1.165) is 32.2 Å². The third kappa shape index (κ3) is 6.98. The van der Waals surface area contributed by atoms with E-state index >= 15 is 0 Å². The highest BCUT2D eigenvalue weighted by Gasteiger charge is 2.33. The van der Waals surface area contributed by atoms with Crippen LogP contribution < -0.4 is 5.32 Å². The summed E-state index contributed by atoms with van der Waals surface area (Å²) in [7, 11) is 0. The van der Waals surface area contributed by atoms with E-state index in [1.165, 1.54) is 0 Å². The fourth-order valence-electron chi connectivity index (χ4n) is 2.29. The van der Waals surface area contributed by atoms with Crippen molar-refractivity contribution in [3.05, 3.63) is 24.5 Å². The van der Waals surface area contributed by atoms with Gasteiger partial charge >= 0.3 is 0 Å². The third-order valence-corrected chi connectivity index (χ3v) is 3.83. The fraction of sp³-hybridized carbons (Fsp3) is 0.688. The third-order valence-electron chi connectivity index (χ3n) is 3.83. The van der Waals surface area contributed by atoms with Crippen molar-refractivity contribution >= 4 is 5.91 Å². The highest BCUT2D eigenvalue weighted by molar-refractivity contribution is 5.81. The van der Waals surface area contributed by atoms with Crippen molar-refractivity contribution in [3.8, 4) is 0 Å². The molecule has 1 aromatic heterocycles. The van der Waals surface area contributed by atoms with Crippen molar-refractivity contribution < 1.29 is 30.3 Å². The smallest absolute Gasteiger partial charge is 0.251 e. The van der Waals surface area contributed by atoms with Gasteiger partial charge in [-0.1, -0.05) is 12.8 Å². The van der Waals surface area contributed by atoms with E-state index in [4.69, 9.17) is 5.11 Å². The van der Waals surface area contributed by atoms with Gasteiger partial charge in [0.2, 0.25) is 0 Å². The van der Waals surface area contributed by atoms with E-state index in [0.29, 0.717) is 6.54 Å². The molecule has 1 amide bonds. The predicted molar refractivity (Wildman–Crippen MR) is 87.0 cm³/mol. The first-order valence-electron chi connectivity index (χ1n) is 8.19. The number of rotatable bonds is 12. The maximum absolute atomic E-state index is 11.7. The topological polar surface area (TPSA) is 135 Å². The van der Waals surface area contributed by atoms with Crippen LogP contribution in [0.2, 0.25) is 0 Å². The summed E-state index contributed by atoms with van der Waals surface area (Å²) in [5, 5.41) is 49.0. The number of aromatic nitrogens is 1. The molecular formula is C16H28N2O6. The molecule has 0 aliphatic rings. The van der Waals surface area contributed by atoms with Crippen molar-refractivity contribution in [3.63, 3.8) is 0 Å². The number of unbranched alkanes of at least 4 members (excludes halogenated alkanes) is 3. The minimum atomic E-state index is -1.87. The average Bonchev–Trinajstić information content (AvgIpc) is 3.11. The summed E-state index contributed by atoms with van der Waals surface area (Å²) in [4.78, 5) is 11.7. The summed E-state index contributed by atoms with van der Waals surface area (Å²) in [5.41, 5.74) is 0. The number of hydrogen-bond acceptors (Lipinski definition) is 6. The summed E-state index contributed by atoms with van der Waals surface area (Å²) in [6, 6.07) is 3.96. The maximum atomic E-state index is 11.7. The molecule has 0 saturated carbocycles. The van der Waals surface area contributed by atoms with E-state index in [2.05, 4.69) is 9.88 Å². The molecule has 6 N–H and O–H groups in total. The molecule has 0 fully saturated rings. The molecule has 0 radical (unpaired) electrons. The van der Waals surface area contributed by atoms with E-state index in [-0.39, 0.29) is 0 Å². The van der Waals surface area contributed by atoms with Gasteiger partial charge in [-0.3, -0.25) is 4.79 Å². The first-order chi connectivity index (χ1) is 11.5. The van der Waals surface area contributed by atoms with Crippen molar-refractivity contribution in [2.24, 2.45) is 0 Å². The Labute approximate surface area is 141 Å². The van der Waals surface area contributed by atoms with Gasteiger partial charge in [-0.2, -0.15) is 0 Å². The lowest BCUT2D eigenvalue weighted by Gasteiger charge is -2.24. The van der Waals surface area contributed by atoms with Crippen LogP contribution in [0.3, 0.4) is 0 Å². The minimum Gasteiger partial charge on any atom is -0.394 e. The highest BCUT2D eigenvalue weighted by Crippen LogP contribution is 2.06. The molecule has 0 spiro atoms. The van der Waals surface area contributed by atoms with Crippen LogP contribution in [0.4, 0.5) is 0 Å². The monoisotopic (exact) mass is 344 g/mol. The second-order valence-electron chi connectivity index (χ2n) is 5.80. The zero-order valence-corrected chi connectivity index (χ0v) is 13.7. The Hall–Kier alpha value is -1.45. The Bertz CT molecular complexity index is 453. The normalized spacial score (nSPS) is 16.4. The van der Waals surface area contributed by atoms with Gasteiger partial charge in [0.1, 0.15) is 18.3 Å². The number of amides is 1. The largest absolute Gasteiger partial charge is 0.394 e. The Kier molecular flexibility index (Phi) is 9.58. The Morgan fingerprint density at radius 3 is 2.21 bits per heavy atom. The van der Waals surface area contributed by atoms with Crippen molar-refractivity contribution in [1.82, 2.24) is 9.88 Å². The van der Waals surface area contributed by atoms with Crippen molar-refractivity contribution in [1.29, 1.82) is 0 Å². The zero-order chi connectivity index (χ0) is 17.9. The lowest BCUT2D eigenvalue weighted by Crippen LogP contribution is -2.51. The summed E-state index contributed by atoms with van der Waals surface area (Å²) in [6.45, 7) is 0.524. The summed E-state index contributed by atoms with van der Waals surface area (Å²) in [6.07, 6.45) is 0.574. The number of hydrogen-bond donors (Lipinski definition) is 6. The van der Waals surface area contributed by atoms with Crippen LogP contribution in [-0.2, 0) is 11.3 Å². The van der Waals surface area contributed by atoms with Gasteiger partial charge in [0.25, 0.3) is 5.91 Å². The summed E-state index contributed by atoms with van der Waals surface area (Å²) >= 11 is 0. The number of aryl methyl sites for hydroxylation is 1. The van der Waals surface area contributed by atoms with E-state index in [1.54, 1.807) is 0 Å². The molecule has 4 atom stereocenters. The fourth-order valence-corrected chi connectivity index (χ4v) is 2.29. The summed E-state index contributed by atoms with van der Waals surface area (Å²) < 4.78 is 2.10. The molecule has 0 bridgehead atoms. The number of nitrogens with zero attached hydrogens (tertiary/aromatic N) is 1. The molecule has 1 aromatic rings. The second kappa shape index (κ2) is 11.2. The van der Waals surface area contributed by atoms with Crippen LogP contribution in [0.1, 0.15) is 25.7 Å². The zero-order valence-electron chi connectivity index (χ0n) is 13.7. The Balaban J connectivity index is 2.11. The molecule has 138 valence electrons. The van der Waals surface area contributed by atoms with Crippen LogP contribution in [-0.4, -0.2) is 73.6 Å². The van der Waals surface area contributed by atoms with E-state index < -0.39 is 36.9 Å². The number of aliphatic hydroxyl groups excluding tert-OH is 5.